The minimum atomic E-state index is 0.225. The molecule has 2 aliphatic rings. The maximum atomic E-state index is 11.4. The van der Waals surface area contributed by atoms with Crippen molar-refractivity contribution in [2.45, 2.75) is 52.7 Å². The molecule has 0 spiro atoms. The minimum absolute atomic E-state index is 0.225. The van der Waals surface area contributed by atoms with Crippen molar-refractivity contribution in [1.82, 2.24) is 4.90 Å². The van der Waals surface area contributed by atoms with Crippen LogP contribution >= 0.6 is 11.6 Å². The van der Waals surface area contributed by atoms with Gasteiger partial charge >= 0.3 is 0 Å². The van der Waals surface area contributed by atoms with Crippen LogP contribution in [0.2, 0.25) is 5.02 Å². The van der Waals surface area contributed by atoms with Crippen molar-refractivity contribution in [3.8, 4) is 5.75 Å². The van der Waals surface area contributed by atoms with E-state index in [0.29, 0.717) is 18.3 Å². The number of Topliss-reactive ketones (excluding diaryl/α,β-unsaturated/α-hetero) is 1. The maximum absolute atomic E-state index is 11.4. The summed E-state index contributed by atoms with van der Waals surface area (Å²) in [4.78, 5) is 13.7. The summed E-state index contributed by atoms with van der Waals surface area (Å²) in [5.41, 5.74) is 6.07. The Bertz CT molecular complexity index is 874. The lowest BCUT2D eigenvalue weighted by molar-refractivity contribution is -0.126. The normalized spacial score (nSPS) is 17.4. The van der Waals surface area contributed by atoms with Crippen molar-refractivity contribution in [2.75, 3.05) is 13.1 Å². The van der Waals surface area contributed by atoms with E-state index in [-0.39, 0.29) is 5.92 Å². The summed E-state index contributed by atoms with van der Waals surface area (Å²) in [5.74, 6) is 2.17. The molecular weight excluding hydrogens is 370 g/mol. The van der Waals surface area contributed by atoms with Gasteiger partial charge in [-0.05, 0) is 79.5 Å². The highest BCUT2D eigenvalue weighted by Crippen LogP contribution is 2.41. The molecule has 2 fully saturated rings. The predicted octanol–water partition coefficient (Wildman–Crippen LogP) is 5.43. The zero-order valence-corrected chi connectivity index (χ0v) is 17.7. The van der Waals surface area contributed by atoms with Crippen molar-refractivity contribution in [2.24, 2.45) is 5.92 Å². The molecule has 2 aromatic rings. The zero-order chi connectivity index (χ0) is 19.8. The van der Waals surface area contributed by atoms with Gasteiger partial charge in [-0.2, -0.15) is 0 Å². The second-order valence-electron chi connectivity index (χ2n) is 8.52. The van der Waals surface area contributed by atoms with E-state index in [9.17, 15) is 4.79 Å². The Balaban J connectivity index is 1.40. The molecule has 0 atom stereocenters. The number of hydrogen-bond donors (Lipinski definition) is 0. The van der Waals surface area contributed by atoms with Crippen LogP contribution in [0.3, 0.4) is 0 Å². The van der Waals surface area contributed by atoms with E-state index in [1.54, 1.807) is 6.92 Å². The van der Waals surface area contributed by atoms with Crippen molar-refractivity contribution in [3.05, 3.63) is 63.2 Å². The van der Waals surface area contributed by atoms with Crippen LogP contribution < -0.4 is 4.74 Å². The average molecular weight is 398 g/mol. The van der Waals surface area contributed by atoms with Gasteiger partial charge < -0.3 is 4.74 Å². The molecule has 0 bridgehead atoms. The molecule has 28 heavy (non-hydrogen) atoms. The van der Waals surface area contributed by atoms with Crippen LogP contribution in [-0.4, -0.2) is 23.8 Å². The van der Waals surface area contributed by atoms with Crippen LogP contribution in [0.1, 0.15) is 53.5 Å². The number of benzene rings is 2. The van der Waals surface area contributed by atoms with Crippen molar-refractivity contribution < 1.29 is 9.53 Å². The van der Waals surface area contributed by atoms with Gasteiger partial charge in [0.15, 0.2) is 0 Å². The number of aryl methyl sites for hydroxylation is 2. The Hall–Kier alpha value is -1.84. The minimum Gasteiger partial charge on any atom is -0.488 e. The molecular formula is C24H28ClNO2. The lowest BCUT2D eigenvalue weighted by Gasteiger charge is -2.38. The monoisotopic (exact) mass is 397 g/mol. The first kappa shape index (κ1) is 19.5. The van der Waals surface area contributed by atoms with Crippen LogP contribution in [0.5, 0.6) is 5.75 Å². The second-order valence-corrected chi connectivity index (χ2v) is 8.95. The summed E-state index contributed by atoms with van der Waals surface area (Å²) < 4.78 is 6.20. The van der Waals surface area contributed by atoms with Gasteiger partial charge in [0.05, 0.1) is 0 Å². The molecule has 0 radical (unpaired) electrons. The number of carbonyl (C=O) groups excluding carboxylic acids is 1. The standard InChI is InChI=1S/C24H28ClNO2/c1-15-6-18(11-26-12-22(13-26)17(3)27)7-16(2)24(15)28-14-19-8-21(20-4-5-20)10-23(25)9-19/h6-10,20,22H,4-5,11-14H2,1-3H3. The summed E-state index contributed by atoms with van der Waals surface area (Å²) >= 11 is 6.30. The Morgan fingerprint density at radius 3 is 2.36 bits per heavy atom. The number of hydrogen-bond acceptors (Lipinski definition) is 3. The third kappa shape index (κ3) is 4.42. The quantitative estimate of drug-likeness (QED) is 0.623. The van der Waals surface area contributed by atoms with Gasteiger partial charge in [0, 0.05) is 30.6 Å². The molecule has 0 unspecified atom stereocenters. The smallest absolute Gasteiger partial charge is 0.135 e. The highest BCUT2D eigenvalue weighted by molar-refractivity contribution is 6.30. The number of nitrogens with zero attached hydrogens (tertiary/aromatic N) is 1. The Labute approximate surface area is 172 Å². The van der Waals surface area contributed by atoms with E-state index in [0.717, 1.165) is 47.1 Å². The van der Waals surface area contributed by atoms with Crippen molar-refractivity contribution in [1.29, 1.82) is 0 Å². The number of ether oxygens (including phenoxy) is 1. The van der Waals surface area contributed by atoms with Crippen LogP contribution in [0.4, 0.5) is 0 Å². The highest BCUT2D eigenvalue weighted by Gasteiger charge is 2.30. The zero-order valence-electron chi connectivity index (χ0n) is 16.9. The molecule has 4 rings (SSSR count). The van der Waals surface area contributed by atoms with E-state index in [1.165, 1.54) is 24.0 Å². The fourth-order valence-corrected chi connectivity index (χ4v) is 4.41. The Kier molecular flexibility index (Phi) is 5.48. The fourth-order valence-electron chi connectivity index (χ4n) is 4.14. The van der Waals surface area contributed by atoms with E-state index < -0.39 is 0 Å². The summed E-state index contributed by atoms with van der Waals surface area (Å²) in [6.45, 7) is 9.09. The topological polar surface area (TPSA) is 29.5 Å². The molecule has 2 aromatic carbocycles. The highest BCUT2D eigenvalue weighted by atomic mass is 35.5. The van der Waals surface area contributed by atoms with Gasteiger partial charge in [0.2, 0.25) is 0 Å². The largest absolute Gasteiger partial charge is 0.488 e. The molecule has 1 aliphatic heterocycles. The molecule has 1 saturated carbocycles. The van der Waals surface area contributed by atoms with E-state index in [2.05, 4.69) is 43.0 Å². The second kappa shape index (κ2) is 7.88. The molecule has 0 N–H and O–H groups in total. The van der Waals surface area contributed by atoms with Crippen molar-refractivity contribution in [3.63, 3.8) is 0 Å². The maximum Gasteiger partial charge on any atom is 0.135 e. The van der Waals surface area contributed by atoms with Gasteiger partial charge in [0.1, 0.15) is 18.1 Å². The average Bonchev–Trinajstić information content (AvgIpc) is 3.41. The third-order valence-electron chi connectivity index (χ3n) is 5.87. The van der Waals surface area contributed by atoms with Gasteiger partial charge in [-0.15, -0.1) is 0 Å². The molecule has 1 saturated heterocycles. The Morgan fingerprint density at radius 2 is 1.75 bits per heavy atom. The molecule has 0 amide bonds. The van der Waals surface area contributed by atoms with Crippen LogP contribution in [0, 0.1) is 19.8 Å². The first-order chi connectivity index (χ1) is 13.4. The van der Waals surface area contributed by atoms with Gasteiger partial charge in [-0.1, -0.05) is 29.8 Å². The molecule has 0 aromatic heterocycles. The molecule has 4 heteroatoms. The number of likely N-dealkylation sites (tertiary alicyclic amines) is 1. The lowest BCUT2D eigenvalue weighted by atomic mass is 9.95. The van der Waals surface area contributed by atoms with Crippen LogP contribution in [0.25, 0.3) is 0 Å². The summed E-state index contributed by atoms with van der Waals surface area (Å²) in [6.07, 6.45) is 2.54. The first-order valence-electron chi connectivity index (χ1n) is 10.1. The van der Waals surface area contributed by atoms with Gasteiger partial charge in [-0.25, -0.2) is 0 Å². The number of ketones is 1. The predicted molar refractivity (Wildman–Crippen MR) is 113 cm³/mol. The summed E-state index contributed by atoms with van der Waals surface area (Å²) in [6, 6.07) is 10.7. The molecule has 3 nitrogen and oxygen atoms in total. The van der Waals surface area contributed by atoms with E-state index in [1.807, 2.05) is 6.07 Å². The lowest BCUT2D eigenvalue weighted by Crippen LogP contribution is -2.48. The summed E-state index contributed by atoms with van der Waals surface area (Å²) in [7, 11) is 0. The van der Waals surface area contributed by atoms with Crippen molar-refractivity contribution >= 4 is 17.4 Å². The molecule has 1 heterocycles. The number of halogens is 1. The van der Waals surface area contributed by atoms with Crippen LogP contribution in [0.15, 0.2) is 30.3 Å². The molecule has 1 aliphatic carbocycles. The van der Waals surface area contributed by atoms with Gasteiger partial charge in [-0.3, -0.25) is 9.69 Å². The van der Waals surface area contributed by atoms with E-state index in [4.69, 9.17) is 16.3 Å². The number of rotatable bonds is 7. The third-order valence-corrected chi connectivity index (χ3v) is 6.09. The SMILES string of the molecule is CC(=O)C1CN(Cc2cc(C)c(OCc3cc(Cl)cc(C4CC4)c3)c(C)c2)C1. The molecule has 148 valence electrons. The number of carbonyl (C=O) groups is 1. The first-order valence-corrected chi connectivity index (χ1v) is 10.5. The van der Waals surface area contributed by atoms with E-state index >= 15 is 0 Å². The fraction of sp³-hybridized carbons (Fsp3) is 0.458. The van der Waals surface area contributed by atoms with Crippen LogP contribution in [-0.2, 0) is 17.9 Å². The summed E-state index contributed by atoms with van der Waals surface area (Å²) in [5, 5.41) is 0.796. The van der Waals surface area contributed by atoms with Gasteiger partial charge in [0.25, 0.3) is 0 Å². The Morgan fingerprint density at radius 1 is 1.07 bits per heavy atom.